The molecule has 2 N–H and O–H groups in total. The molecule has 1 aromatic carbocycles. The number of hydrogen-bond acceptors (Lipinski definition) is 4. The Kier molecular flexibility index (Phi) is 4.41. The van der Waals surface area contributed by atoms with Crippen LogP contribution >= 0.6 is 0 Å². The van der Waals surface area contributed by atoms with E-state index >= 15 is 0 Å². The van der Waals surface area contributed by atoms with Crippen LogP contribution in [-0.2, 0) is 13.1 Å². The fourth-order valence-electron chi connectivity index (χ4n) is 1.75. The maximum atomic E-state index is 13.2. The van der Waals surface area contributed by atoms with Crippen molar-refractivity contribution >= 4 is 5.82 Å². The average Bonchev–Trinajstić information content (AvgIpc) is 2.41. The molecule has 1 heterocycles. The van der Waals surface area contributed by atoms with Crippen LogP contribution in [-0.4, -0.2) is 17.0 Å². The number of aromatic nitrogens is 2. The highest BCUT2D eigenvalue weighted by atomic mass is 19.1. The Labute approximate surface area is 112 Å². The molecule has 100 valence electrons. The van der Waals surface area contributed by atoms with Gasteiger partial charge in [0, 0.05) is 12.7 Å². The van der Waals surface area contributed by atoms with Gasteiger partial charge in [0.2, 0.25) is 0 Å². The van der Waals surface area contributed by atoms with Gasteiger partial charge in [0.05, 0.1) is 6.54 Å². The van der Waals surface area contributed by atoms with Gasteiger partial charge in [-0.15, -0.1) is 0 Å². The van der Waals surface area contributed by atoms with Crippen molar-refractivity contribution in [2.24, 2.45) is 0 Å². The summed E-state index contributed by atoms with van der Waals surface area (Å²) in [6, 6.07) is 6.90. The molecule has 2 rings (SSSR count). The fourth-order valence-corrected chi connectivity index (χ4v) is 1.75. The molecule has 0 atom stereocenters. The van der Waals surface area contributed by atoms with E-state index in [2.05, 4.69) is 20.6 Å². The van der Waals surface area contributed by atoms with E-state index < -0.39 is 0 Å². The van der Waals surface area contributed by atoms with Gasteiger partial charge in [0.25, 0.3) is 0 Å². The molecular weight excluding hydrogens is 243 g/mol. The first-order chi connectivity index (χ1) is 9.19. The second-order valence-electron chi connectivity index (χ2n) is 4.33. The maximum Gasteiger partial charge on any atom is 0.144 e. The van der Waals surface area contributed by atoms with Gasteiger partial charge >= 0.3 is 0 Å². The number of nitrogens with one attached hydrogen (secondary N) is 2. The molecule has 0 radical (unpaired) electrons. The van der Waals surface area contributed by atoms with Crippen LogP contribution in [0.25, 0.3) is 0 Å². The van der Waals surface area contributed by atoms with Gasteiger partial charge in [-0.2, -0.15) is 0 Å². The van der Waals surface area contributed by atoms with Crippen LogP contribution in [0.15, 0.2) is 30.5 Å². The van der Waals surface area contributed by atoms with E-state index in [0.717, 1.165) is 17.2 Å². The first-order valence-electron chi connectivity index (χ1n) is 6.14. The molecule has 2 aromatic rings. The number of nitrogens with zero attached hydrogens (tertiary/aromatic N) is 2. The molecule has 0 amide bonds. The third-order valence-corrected chi connectivity index (χ3v) is 2.74. The summed E-state index contributed by atoms with van der Waals surface area (Å²) in [5, 5.41) is 6.21. The van der Waals surface area contributed by atoms with Crippen LogP contribution in [0.4, 0.5) is 10.2 Å². The third kappa shape index (κ3) is 3.72. The smallest absolute Gasteiger partial charge is 0.144 e. The number of aryl methyl sites for hydroxylation is 1. The van der Waals surface area contributed by atoms with Crippen LogP contribution in [0.1, 0.15) is 17.0 Å². The predicted octanol–water partition coefficient (Wildman–Crippen LogP) is 2.26. The molecule has 19 heavy (non-hydrogen) atoms. The van der Waals surface area contributed by atoms with Gasteiger partial charge in [-0.05, 0) is 37.2 Å². The lowest BCUT2D eigenvalue weighted by Gasteiger charge is -2.08. The lowest BCUT2D eigenvalue weighted by molar-refractivity contribution is 0.617. The minimum Gasteiger partial charge on any atom is -0.366 e. The SMILES string of the molecule is CNCc1nccc(NCc2ccc(F)c(C)c2)n1. The van der Waals surface area contributed by atoms with Gasteiger partial charge in [0.15, 0.2) is 0 Å². The van der Waals surface area contributed by atoms with Gasteiger partial charge < -0.3 is 10.6 Å². The van der Waals surface area contributed by atoms with Crippen LogP contribution in [0.2, 0.25) is 0 Å². The molecule has 0 bridgehead atoms. The van der Waals surface area contributed by atoms with E-state index in [1.165, 1.54) is 6.07 Å². The summed E-state index contributed by atoms with van der Waals surface area (Å²) in [5.74, 6) is 1.33. The van der Waals surface area contributed by atoms with Crippen molar-refractivity contribution in [1.29, 1.82) is 0 Å². The Morgan fingerprint density at radius 3 is 2.79 bits per heavy atom. The zero-order valence-corrected chi connectivity index (χ0v) is 11.1. The minimum absolute atomic E-state index is 0.179. The van der Waals surface area contributed by atoms with Crippen molar-refractivity contribution in [3.63, 3.8) is 0 Å². The zero-order valence-electron chi connectivity index (χ0n) is 11.1. The summed E-state index contributed by atoms with van der Waals surface area (Å²) in [6.45, 7) is 3.00. The van der Waals surface area contributed by atoms with E-state index in [0.29, 0.717) is 18.7 Å². The molecular formula is C14H17FN4. The van der Waals surface area contributed by atoms with Crippen molar-refractivity contribution in [2.45, 2.75) is 20.0 Å². The standard InChI is InChI=1S/C14H17FN4/c1-10-7-11(3-4-12(10)15)8-18-13-5-6-17-14(19-13)9-16-2/h3-7,16H,8-9H2,1-2H3,(H,17,18,19). The molecule has 0 unspecified atom stereocenters. The van der Waals surface area contributed by atoms with Crippen molar-refractivity contribution in [1.82, 2.24) is 15.3 Å². The first-order valence-corrected chi connectivity index (χ1v) is 6.14. The highest BCUT2D eigenvalue weighted by Gasteiger charge is 2.01. The van der Waals surface area contributed by atoms with Crippen molar-refractivity contribution in [3.8, 4) is 0 Å². The van der Waals surface area contributed by atoms with Gasteiger partial charge in [-0.1, -0.05) is 12.1 Å². The van der Waals surface area contributed by atoms with Crippen molar-refractivity contribution in [2.75, 3.05) is 12.4 Å². The van der Waals surface area contributed by atoms with Gasteiger partial charge in [0.1, 0.15) is 17.5 Å². The molecule has 0 saturated carbocycles. The third-order valence-electron chi connectivity index (χ3n) is 2.74. The van der Waals surface area contributed by atoms with Gasteiger partial charge in [-0.25, -0.2) is 14.4 Å². The van der Waals surface area contributed by atoms with Gasteiger partial charge in [-0.3, -0.25) is 0 Å². The molecule has 0 fully saturated rings. The lowest BCUT2D eigenvalue weighted by atomic mass is 10.1. The Balaban J connectivity index is 2.01. The maximum absolute atomic E-state index is 13.2. The molecule has 0 aliphatic rings. The molecule has 0 aliphatic heterocycles. The molecule has 0 saturated heterocycles. The lowest BCUT2D eigenvalue weighted by Crippen LogP contribution is -2.10. The summed E-state index contributed by atoms with van der Waals surface area (Å²) in [4.78, 5) is 8.51. The number of halogens is 1. The highest BCUT2D eigenvalue weighted by molar-refractivity contribution is 5.35. The number of benzene rings is 1. The largest absolute Gasteiger partial charge is 0.366 e. The topological polar surface area (TPSA) is 49.8 Å². The van der Waals surface area contributed by atoms with E-state index in [9.17, 15) is 4.39 Å². The summed E-state index contributed by atoms with van der Waals surface area (Å²) in [6.07, 6.45) is 1.72. The van der Waals surface area contributed by atoms with Crippen LogP contribution in [0, 0.1) is 12.7 Å². The summed E-state index contributed by atoms with van der Waals surface area (Å²) in [5.41, 5.74) is 1.67. The van der Waals surface area contributed by atoms with Crippen LogP contribution in [0.5, 0.6) is 0 Å². The molecule has 0 spiro atoms. The normalized spacial score (nSPS) is 10.5. The van der Waals surface area contributed by atoms with Crippen molar-refractivity contribution < 1.29 is 4.39 Å². The van der Waals surface area contributed by atoms with Crippen molar-refractivity contribution in [3.05, 3.63) is 53.2 Å². The van der Waals surface area contributed by atoms with E-state index in [1.54, 1.807) is 19.2 Å². The first kappa shape index (κ1) is 13.4. The second-order valence-corrected chi connectivity index (χ2v) is 4.33. The quantitative estimate of drug-likeness (QED) is 0.865. The molecule has 0 aliphatic carbocycles. The minimum atomic E-state index is -0.179. The predicted molar refractivity (Wildman–Crippen MR) is 73.3 cm³/mol. The van der Waals surface area contributed by atoms with Crippen LogP contribution in [0.3, 0.4) is 0 Å². The molecule has 5 heteroatoms. The molecule has 1 aromatic heterocycles. The Morgan fingerprint density at radius 2 is 2.05 bits per heavy atom. The molecule has 4 nitrogen and oxygen atoms in total. The zero-order chi connectivity index (χ0) is 13.7. The Hall–Kier alpha value is -2.01. The summed E-state index contributed by atoms with van der Waals surface area (Å²) >= 11 is 0. The van der Waals surface area contributed by atoms with Crippen LogP contribution < -0.4 is 10.6 Å². The second kappa shape index (κ2) is 6.24. The Bertz CT molecular complexity index is 557. The summed E-state index contributed by atoms with van der Waals surface area (Å²) < 4.78 is 13.2. The van der Waals surface area contributed by atoms with E-state index in [4.69, 9.17) is 0 Å². The number of anilines is 1. The number of rotatable bonds is 5. The highest BCUT2D eigenvalue weighted by Crippen LogP contribution is 2.11. The monoisotopic (exact) mass is 260 g/mol. The van der Waals surface area contributed by atoms with E-state index in [-0.39, 0.29) is 5.82 Å². The van der Waals surface area contributed by atoms with E-state index in [1.807, 2.05) is 19.2 Å². The average molecular weight is 260 g/mol. The Morgan fingerprint density at radius 1 is 1.21 bits per heavy atom. The summed E-state index contributed by atoms with van der Waals surface area (Å²) in [7, 11) is 1.85. The fraction of sp³-hybridized carbons (Fsp3) is 0.286. The number of hydrogen-bond donors (Lipinski definition) is 2.